The molecule has 5 nitrogen and oxygen atoms in total. The van der Waals surface area contributed by atoms with Gasteiger partial charge in [0.1, 0.15) is 0 Å². The molecule has 25 heavy (non-hydrogen) atoms. The van der Waals surface area contributed by atoms with Crippen molar-refractivity contribution in [2.75, 3.05) is 5.32 Å². The first-order chi connectivity index (χ1) is 11.9. The molecule has 0 bridgehead atoms. The number of carboxylic acid groups (broad SMARTS) is 1. The number of rotatable bonds is 7. The van der Waals surface area contributed by atoms with Crippen molar-refractivity contribution in [3.8, 4) is 0 Å². The molecule has 0 fully saturated rings. The van der Waals surface area contributed by atoms with Gasteiger partial charge in [-0.25, -0.2) is 4.79 Å². The van der Waals surface area contributed by atoms with Gasteiger partial charge in [-0.05, 0) is 42.7 Å². The number of aromatic carboxylic acids is 1. The summed E-state index contributed by atoms with van der Waals surface area (Å²) in [5.74, 6) is -1.36. The molecule has 2 aromatic carbocycles. The van der Waals surface area contributed by atoms with E-state index in [0.717, 1.165) is 12.0 Å². The number of benzene rings is 2. The van der Waals surface area contributed by atoms with Crippen LogP contribution in [0.1, 0.15) is 51.6 Å². The van der Waals surface area contributed by atoms with Gasteiger partial charge in [-0.3, -0.25) is 9.59 Å². The zero-order valence-electron chi connectivity index (χ0n) is 14.3. The van der Waals surface area contributed by atoms with Gasteiger partial charge in [-0.2, -0.15) is 0 Å². The molecule has 2 rings (SSSR count). The first kappa shape index (κ1) is 18.4. The summed E-state index contributed by atoms with van der Waals surface area (Å²) in [5, 5.41) is 11.7. The fourth-order valence-corrected chi connectivity index (χ4v) is 2.50. The van der Waals surface area contributed by atoms with Gasteiger partial charge < -0.3 is 10.4 Å². The van der Waals surface area contributed by atoms with Crippen molar-refractivity contribution in [1.29, 1.82) is 0 Å². The van der Waals surface area contributed by atoms with Crippen LogP contribution in [0.25, 0.3) is 0 Å². The Hall–Kier alpha value is -2.95. The molecule has 0 spiro atoms. The van der Waals surface area contributed by atoms with E-state index in [1.54, 1.807) is 31.2 Å². The normalized spacial score (nSPS) is 10.3. The number of amides is 1. The highest BCUT2D eigenvalue weighted by molar-refractivity contribution is 6.00. The number of ketones is 1. The Morgan fingerprint density at radius 2 is 1.68 bits per heavy atom. The van der Waals surface area contributed by atoms with Crippen LogP contribution in [-0.4, -0.2) is 22.8 Å². The minimum absolute atomic E-state index is 0.0739. The van der Waals surface area contributed by atoms with Crippen molar-refractivity contribution in [2.45, 2.75) is 33.1 Å². The second-order valence-corrected chi connectivity index (χ2v) is 5.86. The van der Waals surface area contributed by atoms with Crippen LogP contribution in [0.15, 0.2) is 42.5 Å². The van der Waals surface area contributed by atoms with Crippen molar-refractivity contribution in [1.82, 2.24) is 0 Å². The second kappa shape index (κ2) is 8.24. The summed E-state index contributed by atoms with van der Waals surface area (Å²) in [6, 6.07) is 12.0. The highest BCUT2D eigenvalue weighted by Crippen LogP contribution is 2.16. The number of aryl methyl sites for hydroxylation is 2. The Morgan fingerprint density at radius 3 is 2.24 bits per heavy atom. The van der Waals surface area contributed by atoms with Gasteiger partial charge in [-0.1, -0.05) is 31.2 Å². The SMILES string of the molecule is CCc1ccc(C(=O)CCC(=O)Nc2ccc(C(=O)O)c(C)c2)cc1. The Kier molecular flexibility index (Phi) is 6.06. The summed E-state index contributed by atoms with van der Waals surface area (Å²) in [4.78, 5) is 35.1. The van der Waals surface area contributed by atoms with Crippen LogP contribution in [-0.2, 0) is 11.2 Å². The quantitative estimate of drug-likeness (QED) is 0.750. The maximum absolute atomic E-state index is 12.1. The lowest BCUT2D eigenvalue weighted by atomic mass is 10.0. The average Bonchev–Trinajstić information content (AvgIpc) is 2.59. The number of Topliss-reactive ketones (excluding diaryl/α,β-unsaturated/α-hetero) is 1. The largest absolute Gasteiger partial charge is 0.478 e. The molecule has 0 saturated carbocycles. The average molecular weight is 339 g/mol. The molecule has 2 N–H and O–H groups in total. The smallest absolute Gasteiger partial charge is 0.335 e. The molecule has 0 aliphatic heterocycles. The van der Waals surface area contributed by atoms with E-state index < -0.39 is 5.97 Å². The molecule has 0 heterocycles. The van der Waals surface area contributed by atoms with E-state index in [1.807, 2.05) is 19.1 Å². The zero-order valence-corrected chi connectivity index (χ0v) is 14.3. The third kappa shape index (κ3) is 5.01. The summed E-state index contributed by atoms with van der Waals surface area (Å²) in [7, 11) is 0. The summed E-state index contributed by atoms with van der Waals surface area (Å²) >= 11 is 0. The summed E-state index contributed by atoms with van der Waals surface area (Å²) in [6.07, 6.45) is 1.12. The van der Waals surface area contributed by atoms with Crippen molar-refractivity contribution >= 4 is 23.3 Å². The van der Waals surface area contributed by atoms with Crippen molar-refractivity contribution < 1.29 is 19.5 Å². The molecular weight excluding hydrogens is 318 g/mol. The predicted octanol–water partition coefficient (Wildman–Crippen LogP) is 3.86. The van der Waals surface area contributed by atoms with Gasteiger partial charge in [0.05, 0.1) is 5.56 Å². The minimum atomic E-state index is -1.00. The monoisotopic (exact) mass is 339 g/mol. The number of hydrogen-bond donors (Lipinski definition) is 2. The lowest BCUT2D eigenvalue weighted by Gasteiger charge is -2.08. The Balaban J connectivity index is 1.90. The van der Waals surface area contributed by atoms with E-state index in [0.29, 0.717) is 16.8 Å². The lowest BCUT2D eigenvalue weighted by molar-refractivity contribution is -0.116. The third-order valence-electron chi connectivity index (χ3n) is 4.00. The van der Waals surface area contributed by atoms with Crippen LogP contribution in [0, 0.1) is 6.92 Å². The molecule has 0 aromatic heterocycles. The van der Waals surface area contributed by atoms with Crippen LogP contribution >= 0.6 is 0 Å². The van der Waals surface area contributed by atoms with Gasteiger partial charge in [-0.15, -0.1) is 0 Å². The molecule has 0 aliphatic rings. The second-order valence-electron chi connectivity index (χ2n) is 5.86. The molecule has 5 heteroatoms. The van der Waals surface area contributed by atoms with E-state index in [1.165, 1.54) is 6.07 Å². The molecular formula is C20H21NO4. The molecule has 0 atom stereocenters. The van der Waals surface area contributed by atoms with Crippen LogP contribution in [0.5, 0.6) is 0 Å². The highest BCUT2D eigenvalue weighted by atomic mass is 16.4. The van der Waals surface area contributed by atoms with Crippen molar-refractivity contribution in [3.05, 3.63) is 64.7 Å². The first-order valence-electron chi connectivity index (χ1n) is 8.16. The Morgan fingerprint density at radius 1 is 1.00 bits per heavy atom. The van der Waals surface area contributed by atoms with E-state index in [2.05, 4.69) is 5.32 Å². The maximum atomic E-state index is 12.1. The fourth-order valence-electron chi connectivity index (χ4n) is 2.50. The Bertz CT molecular complexity index is 794. The lowest BCUT2D eigenvalue weighted by Crippen LogP contribution is -2.14. The molecule has 1 amide bonds. The van der Waals surface area contributed by atoms with Gasteiger partial charge in [0.2, 0.25) is 5.91 Å². The zero-order chi connectivity index (χ0) is 18.4. The number of carbonyl (C=O) groups is 3. The number of carboxylic acids is 1. The Labute approximate surface area is 146 Å². The summed E-state index contributed by atoms with van der Waals surface area (Å²) in [5.41, 5.74) is 3.05. The minimum Gasteiger partial charge on any atom is -0.478 e. The summed E-state index contributed by atoms with van der Waals surface area (Å²) < 4.78 is 0. The van der Waals surface area contributed by atoms with Gasteiger partial charge in [0, 0.05) is 24.1 Å². The first-order valence-corrected chi connectivity index (χ1v) is 8.16. The van der Waals surface area contributed by atoms with E-state index >= 15 is 0 Å². The van der Waals surface area contributed by atoms with Gasteiger partial charge in [0.25, 0.3) is 0 Å². The van der Waals surface area contributed by atoms with Crippen LogP contribution < -0.4 is 5.32 Å². The molecule has 0 unspecified atom stereocenters. The molecule has 2 aromatic rings. The standard InChI is InChI=1S/C20H21NO4/c1-3-14-4-6-15(7-5-14)18(22)10-11-19(23)21-16-8-9-17(20(24)25)13(2)12-16/h4-9,12H,3,10-11H2,1-2H3,(H,21,23)(H,24,25). The van der Waals surface area contributed by atoms with Crippen molar-refractivity contribution in [2.24, 2.45) is 0 Å². The van der Waals surface area contributed by atoms with E-state index in [9.17, 15) is 14.4 Å². The fraction of sp³-hybridized carbons (Fsp3) is 0.250. The molecule has 0 aliphatic carbocycles. The highest BCUT2D eigenvalue weighted by Gasteiger charge is 2.11. The number of hydrogen-bond acceptors (Lipinski definition) is 3. The predicted molar refractivity (Wildman–Crippen MR) is 96.2 cm³/mol. The maximum Gasteiger partial charge on any atom is 0.335 e. The van der Waals surface area contributed by atoms with Gasteiger partial charge in [0.15, 0.2) is 5.78 Å². The van der Waals surface area contributed by atoms with Crippen LogP contribution in [0.3, 0.4) is 0 Å². The molecule has 130 valence electrons. The van der Waals surface area contributed by atoms with E-state index in [4.69, 9.17) is 5.11 Å². The third-order valence-corrected chi connectivity index (χ3v) is 4.00. The summed E-state index contributed by atoms with van der Waals surface area (Å²) in [6.45, 7) is 3.72. The number of anilines is 1. The topological polar surface area (TPSA) is 83.5 Å². The van der Waals surface area contributed by atoms with E-state index in [-0.39, 0.29) is 30.1 Å². The number of carbonyl (C=O) groups excluding carboxylic acids is 2. The van der Waals surface area contributed by atoms with Crippen molar-refractivity contribution in [3.63, 3.8) is 0 Å². The number of nitrogens with one attached hydrogen (secondary N) is 1. The molecule has 0 radical (unpaired) electrons. The molecule has 0 saturated heterocycles. The van der Waals surface area contributed by atoms with Crippen LogP contribution in [0.4, 0.5) is 5.69 Å². The van der Waals surface area contributed by atoms with Gasteiger partial charge >= 0.3 is 5.97 Å². The van der Waals surface area contributed by atoms with Crippen LogP contribution in [0.2, 0.25) is 0 Å².